The van der Waals surface area contributed by atoms with Crippen LogP contribution in [0.1, 0.15) is 53.2 Å². The van der Waals surface area contributed by atoms with Gasteiger partial charge in [-0.15, -0.1) is 11.3 Å². The van der Waals surface area contributed by atoms with Crippen LogP contribution in [-0.4, -0.2) is 28.5 Å². The summed E-state index contributed by atoms with van der Waals surface area (Å²) in [4.78, 5) is 29.7. The number of esters is 1. The number of hydrogen-bond acceptors (Lipinski definition) is 6. The molecule has 0 fully saturated rings. The van der Waals surface area contributed by atoms with E-state index in [2.05, 4.69) is 10.3 Å². The number of ether oxygens (including phenoxy) is 1. The molecule has 0 saturated heterocycles. The second kappa shape index (κ2) is 8.49. The van der Waals surface area contributed by atoms with Gasteiger partial charge in [0.2, 0.25) is 5.91 Å². The molecule has 8 heteroatoms. The number of carbonyl (C=O) groups is 2. The van der Waals surface area contributed by atoms with Gasteiger partial charge in [-0.2, -0.15) is 11.3 Å². The number of aromatic nitrogens is 2. The van der Waals surface area contributed by atoms with Crippen LogP contribution in [0.5, 0.6) is 0 Å². The second-order valence-corrected chi connectivity index (χ2v) is 8.14. The fourth-order valence-corrected chi connectivity index (χ4v) is 4.46. The lowest BCUT2D eigenvalue weighted by molar-refractivity contribution is -0.116. The van der Waals surface area contributed by atoms with E-state index in [0.717, 1.165) is 10.4 Å². The lowest BCUT2D eigenvalue weighted by Gasteiger charge is -2.17. The molecule has 0 aliphatic rings. The van der Waals surface area contributed by atoms with E-state index in [9.17, 15) is 9.59 Å². The van der Waals surface area contributed by atoms with E-state index in [1.54, 1.807) is 11.3 Å². The van der Waals surface area contributed by atoms with Crippen molar-refractivity contribution in [3.63, 3.8) is 0 Å². The predicted molar refractivity (Wildman–Crippen MR) is 108 cm³/mol. The van der Waals surface area contributed by atoms with Crippen LogP contribution in [-0.2, 0) is 9.53 Å². The second-order valence-electron chi connectivity index (χ2n) is 6.33. The number of methoxy groups -OCH3 is 1. The Balaban J connectivity index is 1.78. The van der Waals surface area contributed by atoms with E-state index in [1.807, 2.05) is 59.8 Å². The summed E-state index contributed by atoms with van der Waals surface area (Å²) < 4.78 is 6.82. The minimum Gasteiger partial charge on any atom is -0.464 e. The molecule has 0 saturated carbocycles. The van der Waals surface area contributed by atoms with Crippen molar-refractivity contribution in [2.75, 3.05) is 12.4 Å². The maximum atomic E-state index is 12.7. The molecule has 3 aromatic rings. The highest BCUT2D eigenvalue weighted by Crippen LogP contribution is 2.31. The van der Waals surface area contributed by atoms with Crippen LogP contribution in [0, 0.1) is 0 Å². The number of rotatable bonds is 7. The van der Waals surface area contributed by atoms with Crippen LogP contribution in [0.3, 0.4) is 0 Å². The smallest absolute Gasteiger partial charge is 0.357 e. The molecule has 1 N–H and O–H groups in total. The van der Waals surface area contributed by atoms with Crippen molar-refractivity contribution >= 4 is 39.7 Å². The Morgan fingerprint density at radius 3 is 2.63 bits per heavy atom. The number of nitrogens with one attached hydrogen (secondary N) is 1. The lowest BCUT2D eigenvalue weighted by atomic mass is 10.1. The first-order valence-corrected chi connectivity index (χ1v) is 10.3. The first-order chi connectivity index (χ1) is 13.0. The molecule has 0 aromatic carbocycles. The van der Waals surface area contributed by atoms with Crippen LogP contribution in [0.15, 0.2) is 41.4 Å². The molecule has 0 aliphatic carbocycles. The summed E-state index contributed by atoms with van der Waals surface area (Å²) in [6.07, 6.45) is 4.17. The number of hydrogen-bond donors (Lipinski definition) is 1. The molecule has 27 heavy (non-hydrogen) atoms. The zero-order chi connectivity index (χ0) is 19.4. The Morgan fingerprint density at radius 2 is 2.04 bits per heavy atom. The van der Waals surface area contributed by atoms with Gasteiger partial charge in [0.25, 0.3) is 0 Å². The van der Waals surface area contributed by atoms with E-state index in [4.69, 9.17) is 4.74 Å². The van der Waals surface area contributed by atoms with Gasteiger partial charge in [0, 0.05) is 17.3 Å². The minimum atomic E-state index is -0.487. The van der Waals surface area contributed by atoms with Gasteiger partial charge in [0.15, 0.2) is 10.8 Å². The van der Waals surface area contributed by atoms with Crippen LogP contribution in [0.25, 0.3) is 0 Å². The molecule has 0 spiro atoms. The number of nitrogens with zero attached hydrogens (tertiary/aromatic N) is 2. The van der Waals surface area contributed by atoms with Crippen molar-refractivity contribution in [1.29, 1.82) is 0 Å². The molecule has 1 atom stereocenters. The molecule has 6 nitrogen and oxygen atoms in total. The van der Waals surface area contributed by atoms with Crippen LogP contribution in [0.4, 0.5) is 5.13 Å². The quantitative estimate of drug-likeness (QED) is 0.588. The Morgan fingerprint density at radius 1 is 1.30 bits per heavy atom. The molecule has 0 unspecified atom stereocenters. The number of carbonyl (C=O) groups excluding carboxylic acids is 2. The Kier molecular flexibility index (Phi) is 6.08. The van der Waals surface area contributed by atoms with Gasteiger partial charge >= 0.3 is 5.97 Å². The van der Waals surface area contributed by atoms with Gasteiger partial charge < -0.3 is 14.6 Å². The van der Waals surface area contributed by atoms with Crippen LogP contribution >= 0.6 is 22.7 Å². The van der Waals surface area contributed by atoms with Gasteiger partial charge in [-0.1, -0.05) is 13.8 Å². The summed E-state index contributed by atoms with van der Waals surface area (Å²) in [6.45, 7) is 3.95. The molecular weight excluding hydrogens is 382 g/mol. The molecule has 3 aromatic heterocycles. The minimum absolute atomic E-state index is 0.0872. The maximum absolute atomic E-state index is 12.7. The number of thiophene rings is 1. The molecule has 1 amide bonds. The monoisotopic (exact) mass is 403 g/mol. The van der Waals surface area contributed by atoms with Crippen LogP contribution < -0.4 is 5.32 Å². The standard InChI is InChI=1S/C19H21N3O3S2/c1-12(2)17-16(18(24)25-3)21-19(27-17)20-15(23)10-14(13-6-9-26-11-13)22-7-4-5-8-22/h4-9,11-12,14H,10H2,1-3H3,(H,20,21,23)/t14-/m1/s1. The zero-order valence-corrected chi connectivity index (χ0v) is 17.0. The maximum Gasteiger partial charge on any atom is 0.357 e. The van der Waals surface area contributed by atoms with E-state index in [0.29, 0.717) is 5.13 Å². The summed E-state index contributed by atoms with van der Waals surface area (Å²) >= 11 is 2.92. The van der Waals surface area contributed by atoms with Crippen molar-refractivity contribution in [2.45, 2.75) is 32.2 Å². The highest BCUT2D eigenvalue weighted by Gasteiger charge is 2.23. The van der Waals surface area contributed by atoms with Crippen LogP contribution in [0.2, 0.25) is 0 Å². The van der Waals surface area contributed by atoms with E-state index in [1.165, 1.54) is 18.4 Å². The van der Waals surface area contributed by atoms with E-state index >= 15 is 0 Å². The summed E-state index contributed by atoms with van der Waals surface area (Å²) in [6, 6.07) is 5.82. The topological polar surface area (TPSA) is 73.2 Å². The fraction of sp³-hybridized carbons (Fsp3) is 0.316. The third kappa shape index (κ3) is 4.45. The zero-order valence-electron chi connectivity index (χ0n) is 15.3. The summed E-state index contributed by atoms with van der Waals surface area (Å²) in [5.41, 5.74) is 1.36. The normalized spacial score (nSPS) is 12.1. The molecular formula is C19H21N3O3S2. The van der Waals surface area contributed by atoms with Gasteiger partial charge in [0.1, 0.15) is 0 Å². The first-order valence-electron chi connectivity index (χ1n) is 8.53. The molecule has 0 bridgehead atoms. The summed E-state index contributed by atoms with van der Waals surface area (Å²) in [5, 5.41) is 7.31. The van der Waals surface area contributed by atoms with Gasteiger partial charge in [0.05, 0.1) is 19.6 Å². The fourth-order valence-electron chi connectivity index (χ4n) is 2.78. The SMILES string of the molecule is COC(=O)c1nc(NC(=O)C[C@H](c2ccsc2)n2cccc2)sc1C(C)C. The first kappa shape index (κ1) is 19.3. The predicted octanol–water partition coefficient (Wildman–Crippen LogP) is 4.53. The highest BCUT2D eigenvalue weighted by atomic mass is 32.1. The molecule has 3 heterocycles. The average Bonchev–Trinajstić information content (AvgIpc) is 3.39. The van der Waals surface area contributed by atoms with E-state index < -0.39 is 5.97 Å². The van der Waals surface area contributed by atoms with Crippen molar-refractivity contribution in [1.82, 2.24) is 9.55 Å². The van der Waals surface area contributed by atoms with Crippen molar-refractivity contribution in [3.05, 3.63) is 57.5 Å². The van der Waals surface area contributed by atoms with Crippen molar-refractivity contribution in [2.24, 2.45) is 0 Å². The van der Waals surface area contributed by atoms with Gasteiger partial charge in [-0.3, -0.25) is 4.79 Å². The number of anilines is 1. The Bertz CT molecular complexity index is 865. The van der Waals surface area contributed by atoms with E-state index in [-0.39, 0.29) is 30.0 Å². The Hall–Kier alpha value is -2.45. The molecule has 3 rings (SSSR count). The van der Waals surface area contributed by atoms with Gasteiger partial charge in [-0.25, -0.2) is 9.78 Å². The van der Waals surface area contributed by atoms with Gasteiger partial charge in [-0.05, 0) is 40.4 Å². The van der Waals surface area contributed by atoms with Crippen molar-refractivity contribution in [3.8, 4) is 0 Å². The third-order valence-corrected chi connectivity index (χ3v) is 6.07. The molecule has 0 aliphatic heterocycles. The highest BCUT2D eigenvalue weighted by molar-refractivity contribution is 7.16. The number of thiazole rings is 1. The Labute approximate surface area is 165 Å². The number of amides is 1. The summed E-state index contributed by atoms with van der Waals surface area (Å²) in [7, 11) is 1.33. The lowest BCUT2D eigenvalue weighted by Crippen LogP contribution is -2.19. The third-order valence-electron chi connectivity index (χ3n) is 4.10. The largest absolute Gasteiger partial charge is 0.464 e. The molecule has 0 radical (unpaired) electrons. The summed E-state index contributed by atoms with van der Waals surface area (Å²) in [5.74, 6) is -0.528. The van der Waals surface area contributed by atoms with Crippen molar-refractivity contribution < 1.29 is 14.3 Å². The average molecular weight is 404 g/mol. The molecule has 142 valence electrons.